The van der Waals surface area contributed by atoms with Crippen molar-refractivity contribution in [2.24, 2.45) is 5.73 Å². The number of piperidine rings is 1. The molecule has 0 spiro atoms. The van der Waals surface area contributed by atoms with Crippen molar-refractivity contribution in [1.29, 1.82) is 0 Å². The van der Waals surface area contributed by atoms with E-state index in [2.05, 4.69) is 0 Å². The van der Waals surface area contributed by atoms with E-state index in [0.717, 1.165) is 18.4 Å². The van der Waals surface area contributed by atoms with Crippen molar-refractivity contribution in [3.63, 3.8) is 0 Å². The molecule has 1 heterocycles. The Bertz CT molecular complexity index is 549. The van der Waals surface area contributed by atoms with Crippen LogP contribution in [0, 0.1) is 12.7 Å². The smallest absolute Gasteiger partial charge is 0.253 e. The van der Waals surface area contributed by atoms with Crippen molar-refractivity contribution in [2.75, 3.05) is 19.3 Å². The third kappa shape index (κ3) is 3.37. The van der Waals surface area contributed by atoms with Crippen LogP contribution in [0.5, 0.6) is 0 Å². The largest absolute Gasteiger partial charge is 0.392 e. The Kier molecular flexibility index (Phi) is 4.88. The van der Waals surface area contributed by atoms with Crippen LogP contribution in [0.1, 0.15) is 28.8 Å². The van der Waals surface area contributed by atoms with Crippen molar-refractivity contribution in [3.05, 3.63) is 35.1 Å². The number of hydrogen-bond donors (Lipinski definition) is 1. The second kappa shape index (κ2) is 6.32. The number of rotatable bonds is 3. The van der Waals surface area contributed by atoms with Crippen LogP contribution in [0.25, 0.3) is 0 Å². The second-order valence-electron chi connectivity index (χ2n) is 5.37. The Morgan fingerprint density at radius 1 is 1.38 bits per heavy atom. The Balaban J connectivity index is 2.11. The molecule has 0 aromatic heterocycles. The van der Waals surface area contributed by atoms with Crippen LogP contribution in [-0.4, -0.2) is 39.9 Å². The minimum atomic E-state index is -0.378. The summed E-state index contributed by atoms with van der Waals surface area (Å²) in [5.74, 6) is -0.507. The molecule has 1 amide bonds. The average molecular weight is 326 g/mol. The van der Waals surface area contributed by atoms with Gasteiger partial charge in [0.15, 0.2) is 0 Å². The zero-order chi connectivity index (χ0) is 15.6. The maximum Gasteiger partial charge on any atom is 0.253 e. The lowest BCUT2D eigenvalue weighted by molar-refractivity contribution is 0.0718. The molecule has 1 aromatic carbocycles. The SMILES string of the molecule is CSC1(C(N)=S)CCN(C(=O)c2cc(C)cc(F)c2)CC1. The number of benzene rings is 1. The molecule has 0 atom stereocenters. The number of hydrogen-bond acceptors (Lipinski definition) is 3. The standard InChI is InChI=1S/C15H19FN2OS2/c1-10-7-11(9-12(16)8-10)13(19)18-5-3-15(21-2,4-6-18)14(17)20/h7-9H,3-6H2,1-2H3,(H2,17,20). The van der Waals surface area contributed by atoms with Gasteiger partial charge in [-0.3, -0.25) is 4.79 Å². The number of carbonyl (C=O) groups excluding carboxylic acids is 1. The zero-order valence-corrected chi connectivity index (χ0v) is 13.8. The number of nitrogens with zero attached hydrogens (tertiary/aromatic N) is 1. The van der Waals surface area contributed by atoms with Crippen molar-refractivity contribution < 1.29 is 9.18 Å². The highest BCUT2D eigenvalue weighted by molar-refractivity contribution is 8.02. The highest BCUT2D eigenvalue weighted by Gasteiger charge is 2.38. The predicted molar refractivity (Wildman–Crippen MR) is 89.3 cm³/mol. The van der Waals surface area contributed by atoms with Crippen molar-refractivity contribution in [1.82, 2.24) is 4.90 Å². The number of amides is 1. The highest BCUT2D eigenvalue weighted by atomic mass is 32.2. The molecule has 1 fully saturated rings. The van der Waals surface area contributed by atoms with Crippen LogP contribution in [0.3, 0.4) is 0 Å². The summed E-state index contributed by atoms with van der Waals surface area (Å²) >= 11 is 6.81. The summed E-state index contributed by atoms with van der Waals surface area (Å²) in [6.07, 6.45) is 3.47. The molecule has 114 valence electrons. The third-order valence-electron chi connectivity index (χ3n) is 3.99. The van der Waals surface area contributed by atoms with Crippen LogP contribution in [0.2, 0.25) is 0 Å². The number of thioether (sulfide) groups is 1. The van der Waals surface area contributed by atoms with E-state index < -0.39 is 0 Å². The quantitative estimate of drug-likeness (QED) is 0.868. The summed E-state index contributed by atoms with van der Waals surface area (Å²) in [4.78, 5) is 14.7. The number of nitrogens with two attached hydrogens (primary N) is 1. The molecule has 6 heteroatoms. The van der Waals surface area contributed by atoms with Gasteiger partial charge >= 0.3 is 0 Å². The zero-order valence-electron chi connectivity index (χ0n) is 12.2. The molecule has 0 aliphatic carbocycles. The Labute approximate surface area is 134 Å². The van der Waals surface area contributed by atoms with Gasteiger partial charge in [0.2, 0.25) is 0 Å². The number of carbonyl (C=O) groups is 1. The minimum Gasteiger partial charge on any atom is -0.392 e. The fraction of sp³-hybridized carbons (Fsp3) is 0.467. The van der Waals surface area contributed by atoms with Crippen molar-refractivity contribution in [2.45, 2.75) is 24.5 Å². The van der Waals surface area contributed by atoms with E-state index in [4.69, 9.17) is 18.0 Å². The number of aryl methyl sites for hydroxylation is 1. The predicted octanol–water partition coefficient (Wildman–Crippen LogP) is 2.76. The highest BCUT2D eigenvalue weighted by Crippen LogP contribution is 2.35. The van der Waals surface area contributed by atoms with E-state index in [1.807, 2.05) is 6.26 Å². The first-order valence-corrected chi connectivity index (χ1v) is 8.43. The lowest BCUT2D eigenvalue weighted by Crippen LogP contribution is -2.50. The van der Waals surface area contributed by atoms with Crippen LogP contribution in [0.15, 0.2) is 18.2 Å². The maximum atomic E-state index is 13.4. The van der Waals surface area contributed by atoms with Crippen LogP contribution in [0.4, 0.5) is 4.39 Å². The van der Waals surface area contributed by atoms with Gasteiger partial charge in [0.1, 0.15) is 5.82 Å². The van der Waals surface area contributed by atoms with Gasteiger partial charge < -0.3 is 10.6 Å². The fourth-order valence-electron chi connectivity index (χ4n) is 2.66. The van der Waals surface area contributed by atoms with Crippen LogP contribution < -0.4 is 5.73 Å². The van der Waals surface area contributed by atoms with E-state index in [1.54, 1.807) is 29.7 Å². The molecule has 0 unspecified atom stereocenters. The molecule has 2 rings (SSSR count). The van der Waals surface area contributed by atoms with Gasteiger partial charge in [0.05, 0.1) is 9.74 Å². The van der Waals surface area contributed by atoms with Crippen molar-refractivity contribution >= 4 is 34.9 Å². The van der Waals surface area contributed by atoms with E-state index >= 15 is 0 Å². The number of halogens is 1. The Hall–Kier alpha value is -1.14. The monoisotopic (exact) mass is 326 g/mol. The third-order valence-corrected chi connectivity index (χ3v) is 5.92. The van der Waals surface area contributed by atoms with Gasteiger partial charge in [-0.15, -0.1) is 0 Å². The molecule has 1 aliphatic heterocycles. The molecule has 0 bridgehead atoms. The Morgan fingerprint density at radius 3 is 2.48 bits per heavy atom. The van der Waals surface area contributed by atoms with E-state index in [0.29, 0.717) is 23.6 Å². The maximum absolute atomic E-state index is 13.4. The summed E-state index contributed by atoms with van der Waals surface area (Å²) in [5, 5.41) is 0. The van der Waals surface area contributed by atoms with Gasteiger partial charge in [-0.05, 0) is 49.8 Å². The first-order chi connectivity index (χ1) is 9.88. The van der Waals surface area contributed by atoms with Gasteiger partial charge in [-0.25, -0.2) is 4.39 Å². The molecular weight excluding hydrogens is 307 g/mol. The van der Waals surface area contributed by atoms with Gasteiger partial charge in [0, 0.05) is 18.7 Å². The van der Waals surface area contributed by atoms with Crippen LogP contribution >= 0.6 is 24.0 Å². The summed E-state index contributed by atoms with van der Waals surface area (Å²) in [5.41, 5.74) is 6.99. The molecule has 3 nitrogen and oxygen atoms in total. The second-order valence-corrected chi connectivity index (χ2v) is 7.00. The molecule has 2 N–H and O–H groups in total. The molecule has 0 radical (unpaired) electrons. The molecule has 0 saturated carbocycles. The average Bonchev–Trinajstić information content (AvgIpc) is 2.45. The first kappa shape index (κ1) is 16.2. The van der Waals surface area contributed by atoms with Gasteiger partial charge in [0.25, 0.3) is 5.91 Å². The summed E-state index contributed by atoms with van der Waals surface area (Å²) < 4.78 is 13.2. The van der Waals surface area contributed by atoms with E-state index in [9.17, 15) is 9.18 Å². The van der Waals surface area contributed by atoms with E-state index in [1.165, 1.54) is 12.1 Å². The lowest BCUT2D eigenvalue weighted by atomic mass is 9.95. The van der Waals surface area contributed by atoms with Crippen molar-refractivity contribution in [3.8, 4) is 0 Å². The minimum absolute atomic E-state index is 0.129. The Morgan fingerprint density at radius 2 is 2.00 bits per heavy atom. The summed E-state index contributed by atoms with van der Waals surface area (Å²) in [6.45, 7) is 2.96. The van der Waals surface area contributed by atoms with Gasteiger partial charge in [-0.1, -0.05) is 12.2 Å². The molecule has 1 saturated heterocycles. The fourth-order valence-corrected chi connectivity index (χ4v) is 3.91. The number of thiocarbonyl (C=S) groups is 1. The van der Waals surface area contributed by atoms with Gasteiger partial charge in [-0.2, -0.15) is 11.8 Å². The van der Waals surface area contributed by atoms with E-state index in [-0.39, 0.29) is 16.5 Å². The molecule has 1 aromatic rings. The molecule has 21 heavy (non-hydrogen) atoms. The molecule has 1 aliphatic rings. The summed E-state index contributed by atoms with van der Waals surface area (Å²) in [6, 6.07) is 4.42. The number of likely N-dealkylation sites (tertiary alicyclic amines) is 1. The normalized spacial score (nSPS) is 17.6. The molecular formula is C15H19FN2OS2. The topological polar surface area (TPSA) is 46.3 Å². The first-order valence-electron chi connectivity index (χ1n) is 6.79. The van der Waals surface area contributed by atoms with Crippen LogP contribution in [-0.2, 0) is 0 Å². The lowest BCUT2D eigenvalue weighted by Gasteiger charge is -2.40. The summed E-state index contributed by atoms with van der Waals surface area (Å²) in [7, 11) is 0.